The molecule has 0 aliphatic carbocycles. The molecular formula is C23H12BrClN2O4. The van der Waals surface area contributed by atoms with Gasteiger partial charge < -0.3 is 14.2 Å². The van der Waals surface area contributed by atoms with Crippen molar-refractivity contribution in [2.75, 3.05) is 5.32 Å². The maximum Gasteiger partial charge on any atom is 0.349 e. The smallest absolute Gasteiger partial charge is 0.349 e. The monoisotopic (exact) mass is 494 g/mol. The highest BCUT2D eigenvalue weighted by atomic mass is 79.9. The van der Waals surface area contributed by atoms with Gasteiger partial charge in [0.1, 0.15) is 16.7 Å². The predicted molar refractivity (Wildman–Crippen MR) is 123 cm³/mol. The van der Waals surface area contributed by atoms with Crippen LogP contribution >= 0.6 is 27.5 Å². The van der Waals surface area contributed by atoms with Gasteiger partial charge in [-0.05, 0) is 54.6 Å². The molecule has 5 rings (SSSR count). The first kappa shape index (κ1) is 19.5. The predicted octanol–water partition coefficient (Wildman–Crippen LogP) is 6.27. The van der Waals surface area contributed by atoms with Crippen LogP contribution in [0.1, 0.15) is 10.4 Å². The number of hydrogen-bond acceptors (Lipinski definition) is 5. The number of nitrogens with zero attached hydrogens (tertiary/aromatic N) is 1. The van der Waals surface area contributed by atoms with Crippen molar-refractivity contribution in [1.29, 1.82) is 0 Å². The standard InChI is InChI=1S/C23H12BrClN2O4/c24-13-5-7-19-12(9-13)10-16(23(29)31-19)21(28)26-17-4-2-1-3-15(17)22-27-18-11-14(25)6-8-20(18)30-22/h1-11H,(H,26,28). The number of hydrogen-bond donors (Lipinski definition) is 1. The average Bonchev–Trinajstić information content (AvgIpc) is 3.17. The quantitative estimate of drug-likeness (QED) is 0.298. The number of halogens is 2. The number of rotatable bonds is 3. The van der Waals surface area contributed by atoms with E-state index in [4.69, 9.17) is 20.4 Å². The van der Waals surface area contributed by atoms with Crippen molar-refractivity contribution >= 4 is 61.2 Å². The molecule has 0 aliphatic heterocycles. The van der Waals surface area contributed by atoms with E-state index in [-0.39, 0.29) is 5.56 Å². The van der Waals surface area contributed by atoms with Crippen LogP contribution in [0.5, 0.6) is 0 Å². The lowest BCUT2D eigenvalue weighted by atomic mass is 10.1. The van der Waals surface area contributed by atoms with Gasteiger partial charge in [-0.3, -0.25) is 4.79 Å². The van der Waals surface area contributed by atoms with Crippen LogP contribution in [0, 0.1) is 0 Å². The van der Waals surface area contributed by atoms with Crippen LogP contribution in [0.15, 0.2) is 84.8 Å². The van der Waals surface area contributed by atoms with E-state index in [0.29, 0.717) is 44.2 Å². The van der Waals surface area contributed by atoms with Crippen molar-refractivity contribution in [3.8, 4) is 11.5 Å². The summed E-state index contributed by atoms with van der Waals surface area (Å²) in [5.74, 6) is -0.273. The van der Waals surface area contributed by atoms with E-state index in [1.807, 2.05) is 0 Å². The van der Waals surface area contributed by atoms with Crippen molar-refractivity contribution in [1.82, 2.24) is 4.98 Å². The minimum absolute atomic E-state index is 0.107. The second-order valence-corrected chi connectivity index (χ2v) is 8.11. The Bertz CT molecular complexity index is 1540. The molecule has 0 bridgehead atoms. The molecule has 0 unspecified atom stereocenters. The van der Waals surface area contributed by atoms with Crippen LogP contribution in [0.3, 0.4) is 0 Å². The highest BCUT2D eigenvalue weighted by Crippen LogP contribution is 2.31. The minimum atomic E-state index is -0.721. The van der Waals surface area contributed by atoms with E-state index < -0.39 is 11.5 Å². The average molecular weight is 496 g/mol. The largest absolute Gasteiger partial charge is 0.436 e. The Labute approximate surface area is 188 Å². The lowest BCUT2D eigenvalue weighted by Crippen LogP contribution is -2.21. The highest BCUT2D eigenvalue weighted by Gasteiger charge is 2.18. The zero-order valence-electron chi connectivity index (χ0n) is 15.7. The van der Waals surface area contributed by atoms with Gasteiger partial charge in [0.15, 0.2) is 5.58 Å². The molecule has 0 saturated heterocycles. The fourth-order valence-electron chi connectivity index (χ4n) is 3.24. The summed E-state index contributed by atoms with van der Waals surface area (Å²) in [7, 11) is 0. The molecular weight excluding hydrogens is 484 g/mol. The Morgan fingerprint density at radius 1 is 0.968 bits per heavy atom. The number of carbonyl (C=O) groups is 1. The maximum atomic E-state index is 12.9. The summed E-state index contributed by atoms with van der Waals surface area (Å²) in [4.78, 5) is 29.7. The van der Waals surface area contributed by atoms with Gasteiger partial charge in [-0.1, -0.05) is 39.7 Å². The van der Waals surface area contributed by atoms with Crippen molar-refractivity contribution < 1.29 is 13.6 Å². The number of aromatic nitrogens is 1. The summed E-state index contributed by atoms with van der Waals surface area (Å²) >= 11 is 9.40. The molecule has 31 heavy (non-hydrogen) atoms. The van der Waals surface area contributed by atoms with Crippen LogP contribution in [0.4, 0.5) is 5.69 Å². The summed E-state index contributed by atoms with van der Waals surface area (Å²) in [5.41, 5.74) is 1.75. The molecule has 2 heterocycles. The van der Waals surface area contributed by atoms with E-state index in [1.54, 1.807) is 60.7 Å². The SMILES string of the molecule is O=C(Nc1ccccc1-c1nc2cc(Cl)ccc2o1)c1cc2cc(Br)ccc2oc1=O. The van der Waals surface area contributed by atoms with E-state index in [9.17, 15) is 9.59 Å². The Balaban J connectivity index is 1.53. The van der Waals surface area contributed by atoms with Crippen LogP contribution in [-0.4, -0.2) is 10.9 Å². The van der Waals surface area contributed by atoms with Crippen LogP contribution in [-0.2, 0) is 0 Å². The Hall–Kier alpha value is -3.42. The van der Waals surface area contributed by atoms with Gasteiger partial charge in [0, 0.05) is 14.9 Å². The van der Waals surface area contributed by atoms with Gasteiger partial charge in [0.2, 0.25) is 5.89 Å². The van der Waals surface area contributed by atoms with Gasteiger partial charge in [0.05, 0.1) is 11.3 Å². The van der Waals surface area contributed by atoms with Crippen molar-refractivity contribution in [2.24, 2.45) is 0 Å². The molecule has 0 aliphatic rings. The summed E-state index contributed by atoms with van der Waals surface area (Å²) in [6.07, 6.45) is 0. The molecule has 1 amide bonds. The first-order chi connectivity index (χ1) is 15.0. The zero-order chi connectivity index (χ0) is 21.5. The minimum Gasteiger partial charge on any atom is -0.436 e. The molecule has 1 N–H and O–H groups in total. The second kappa shape index (κ2) is 7.68. The molecule has 0 atom stereocenters. The number of nitrogens with one attached hydrogen (secondary N) is 1. The third kappa shape index (κ3) is 3.73. The fraction of sp³-hybridized carbons (Fsp3) is 0. The lowest BCUT2D eigenvalue weighted by Gasteiger charge is -2.09. The van der Waals surface area contributed by atoms with Crippen molar-refractivity contribution in [3.05, 3.63) is 92.2 Å². The topological polar surface area (TPSA) is 85.3 Å². The Morgan fingerprint density at radius 3 is 2.65 bits per heavy atom. The van der Waals surface area contributed by atoms with E-state index in [0.717, 1.165) is 4.47 Å². The fourth-order valence-corrected chi connectivity index (χ4v) is 3.78. The number of anilines is 1. The summed E-state index contributed by atoms with van der Waals surface area (Å²) in [6, 6.07) is 18.9. The normalized spacial score (nSPS) is 11.2. The summed E-state index contributed by atoms with van der Waals surface area (Å²) < 4.78 is 11.9. The first-order valence-corrected chi connectivity index (χ1v) is 10.4. The van der Waals surface area contributed by atoms with Gasteiger partial charge in [-0.2, -0.15) is 0 Å². The van der Waals surface area contributed by atoms with E-state index in [1.165, 1.54) is 6.07 Å². The van der Waals surface area contributed by atoms with Crippen LogP contribution in [0.2, 0.25) is 5.02 Å². The second-order valence-electron chi connectivity index (χ2n) is 6.76. The number of carbonyl (C=O) groups excluding carboxylic acids is 1. The molecule has 6 nitrogen and oxygen atoms in total. The van der Waals surface area contributed by atoms with Crippen molar-refractivity contribution in [3.63, 3.8) is 0 Å². The lowest BCUT2D eigenvalue weighted by molar-refractivity contribution is 0.102. The number of para-hydroxylation sites is 1. The van der Waals surface area contributed by atoms with Crippen LogP contribution < -0.4 is 10.9 Å². The first-order valence-electron chi connectivity index (χ1n) is 9.18. The van der Waals surface area contributed by atoms with Gasteiger partial charge in [-0.15, -0.1) is 0 Å². The molecule has 0 radical (unpaired) electrons. The number of benzene rings is 3. The molecule has 2 aromatic heterocycles. The van der Waals surface area contributed by atoms with Gasteiger partial charge in [0.25, 0.3) is 5.91 Å². The van der Waals surface area contributed by atoms with Crippen LogP contribution in [0.25, 0.3) is 33.5 Å². The molecule has 152 valence electrons. The highest BCUT2D eigenvalue weighted by molar-refractivity contribution is 9.10. The molecule has 5 aromatic rings. The Morgan fingerprint density at radius 2 is 1.77 bits per heavy atom. The van der Waals surface area contributed by atoms with Gasteiger partial charge >= 0.3 is 5.63 Å². The maximum absolute atomic E-state index is 12.9. The van der Waals surface area contributed by atoms with E-state index in [2.05, 4.69) is 26.2 Å². The third-order valence-corrected chi connectivity index (χ3v) is 5.42. The molecule has 0 spiro atoms. The number of amides is 1. The third-order valence-electron chi connectivity index (χ3n) is 4.69. The Kier molecular flexibility index (Phi) is 4.84. The molecule has 3 aromatic carbocycles. The number of oxazole rings is 1. The molecule has 0 saturated carbocycles. The zero-order valence-corrected chi connectivity index (χ0v) is 18.0. The summed E-state index contributed by atoms with van der Waals surface area (Å²) in [5, 5.41) is 3.94. The van der Waals surface area contributed by atoms with Crippen molar-refractivity contribution in [2.45, 2.75) is 0 Å². The van der Waals surface area contributed by atoms with Gasteiger partial charge in [-0.25, -0.2) is 9.78 Å². The molecule has 0 fully saturated rings. The molecule has 8 heteroatoms. The summed E-state index contributed by atoms with van der Waals surface area (Å²) in [6.45, 7) is 0. The number of fused-ring (bicyclic) bond motifs is 2. The van der Waals surface area contributed by atoms with E-state index >= 15 is 0 Å².